The molecule has 1 spiro atoms. The molecule has 1 saturated carbocycles. The van der Waals surface area contributed by atoms with Crippen LogP contribution in [0.2, 0.25) is 0 Å². The maximum Gasteiger partial charge on any atom is 0.0366 e. The first-order valence-electron chi connectivity index (χ1n) is 6.74. The van der Waals surface area contributed by atoms with E-state index in [-0.39, 0.29) is 12.4 Å². The molecule has 0 radical (unpaired) electrons. The molecule has 0 N–H and O–H groups in total. The van der Waals surface area contributed by atoms with Gasteiger partial charge in [0, 0.05) is 11.6 Å². The van der Waals surface area contributed by atoms with Crippen LogP contribution in [-0.4, -0.2) is 25.5 Å². The van der Waals surface area contributed by atoms with Crippen molar-refractivity contribution in [1.82, 2.24) is 4.90 Å². The molecule has 18 heavy (non-hydrogen) atoms. The Morgan fingerprint density at radius 2 is 2.11 bits per heavy atom. The van der Waals surface area contributed by atoms with Gasteiger partial charge in [0.15, 0.2) is 0 Å². The zero-order chi connectivity index (χ0) is 12.5. The maximum absolute atomic E-state index is 6.14. The zero-order valence-electron chi connectivity index (χ0n) is 11.7. The topological polar surface area (TPSA) is 3.24 Å². The third kappa shape index (κ3) is 3.12. The monoisotopic (exact) mass is 289 g/mol. The molecule has 0 bridgehead atoms. The summed E-state index contributed by atoms with van der Waals surface area (Å²) < 4.78 is 0. The standard InChI is InChI=1S/C15H24ClN.ClH/c1-12-10-14(16)7-9-15(12)8-5-4-6-13(15)11-17(2)3;/h7,10,13H,4-6,8-9,11H2,1-3H3;1H/t13-,15-;/m1./s1. The Bertz CT molecular complexity index is 346. The number of halogens is 2. The van der Waals surface area contributed by atoms with Gasteiger partial charge in [-0.15, -0.1) is 12.4 Å². The number of nitrogens with zero attached hydrogens (tertiary/aromatic N) is 1. The molecule has 0 saturated heterocycles. The summed E-state index contributed by atoms with van der Waals surface area (Å²) in [5.41, 5.74) is 1.91. The van der Waals surface area contributed by atoms with Gasteiger partial charge in [0.25, 0.3) is 0 Å². The van der Waals surface area contributed by atoms with Crippen molar-refractivity contribution in [2.75, 3.05) is 20.6 Å². The van der Waals surface area contributed by atoms with Gasteiger partial charge in [-0.05, 0) is 57.7 Å². The summed E-state index contributed by atoms with van der Waals surface area (Å²) in [6.45, 7) is 3.49. The first kappa shape index (κ1) is 16.1. The van der Waals surface area contributed by atoms with E-state index in [0.29, 0.717) is 5.41 Å². The second-order valence-electron chi connectivity index (χ2n) is 5.98. The molecule has 104 valence electrons. The largest absolute Gasteiger partial charge is 0.309 e. The SMILES string of the molecule is CC1=CC(Cl)=CC[C@]12CCCC[C@@H]2CN(C)C.Cl. The van der Waals surface area contributed by atoms with Crippen LogP contribution in [0.25, 0.3) is 0 Å². The molecule has 2 aliphatic carbocycles. The molecule has 1 fully saturated rings. The van der Waals surface area contributed by atoms with Gasteiger partial charge in [-0.25, -0.2) is 0 Å². The average molecular weight is 290 g/mol. The number of allylic oxidation sites excluding steroid dienone is 4. The Balaban J connectivity index is 0.00000162. The molecular formula is C15H25Cl2N. The molecule has 3 heteroatoms. The number of rotatable bonds is 2. The molecular weight excluding hydrogens is 265 g/mol. The Hall–Kier alpha value is 0.0200. The molecule has 2 aliphatic rings. The van der Waals surface area contributed by atoms with E-state index in [1.807, 2.05) is 0 Å². The average Bonchev–Trinajstić information content (AvgIpc) is 2.26. The predicted octanol–water partition coefficient (Wildman–Crippen LogP) is 4.62. The van der Waals surface area contributed by atoms with E-state index in [2.05, 4.69) is 38.1 Å². The van der Waals surface area contributed by atoms with Crippen LogP contribution >= 0.6 is 24.0 Å². The normalized spacial score (nSPS) is 31.9. The van der Waals surface area contributed by atoms with E-state index in [4.69, 9.17) is 11.6 Å². The van der Waals surface area contributed by atoms with E-state index in [9.17, 15) is 0 Å². The molecule has 0 amide bonds. The van der Waals surface area contributed by atoms with E-state index in [1.54, 1.807) is 0 Å². The molecule has 0 unspecified atom stereocenters. The lowest BCUT2D eigenvalue weighted by Crippen LogP contribution is -2.41. The summed E-state index contributed by atoms with van der Waals surface area (Å²) in [6.07, 6.45) is 11.0. The fraction of sp³-hybridized carbons (Fsp3) is 0.733. The van der Waals surface area contributed by atoms with Crippen LogP contribution < -0.4 is 0 Å². The highest BCUT2D eigenvalue weighted by Crippen LogP contribution is 2.51. The fourth-order valence-electron chi connectivity index (χ4n) is 3.66. The van der Waals surface area contributed by atoms with Gasteiger partial charge in [0.1, 0.15) is 0 Å². The Morgan fingerprint density at radius 3 is 2.72 bits per heavy atom. The lowest BCUT2D eigenvalue weighted by molar-refractivity contribution is 0.107. The molecule has 2 atom stereocenters. The van der Waals surface area contributed by atoms with Gasteiger partial charge in [0.05, 0.1) is 0 Å². The van der Waals surface area contributed by atoms with Crippen molar-refractivity contribution in [3.8, 4) is 0 Å². The van der Waals surface area contributed by atoms with E-state index >= 15 is 0 Å². The summed E-state index contributed by atoms with van der Waals surface area (Å²) in [4.78, 5) is 2.34. The Morgan fingerprint density at radius 1 is 1.39 bits per heavy atom. The summed E-state index contributed by atoms with van der Waals surface area (Å²) >= 11 is 6.14. The molecule has 0 aliphatic heterocycles. The quantitative estimate of drug-likeness (QED) is 0.717. The van der Waals surface area contributed by atoms with Crippen LogP contribution in [-0.2, 0) is 0 Å². The van der Waals surface area contributed by atoms with E-state index in [0.717, 1.165) is 17.4 Å². The van der Waals surface area contributed by atoms with Crippen LogP contribution in [0.3, 0.4) is 0 Å². The molecule has 0 aromatic carbocycles. The molecule has 0 aromatic heterocycles. The van der Waals surface area contributed by atoms with Gasteiger partial charge in [-0.3, -0.25) is 0 Å². The van der Waals surface area contributed by atoms with E-state index in [1.165, 1.54) is 37.8 Å². The van der Waals surface area contributed by atoms with Gasteiger partial charge in [-0.2, -0.15) is 0 Å². The highest BCUT2D eigenvalue weighted by Gasteiger charge is 2.42. The van der Waals surface area contributed by atoms with Crippen molar-refractivity contribution >= 4 is 24.0 Å². The van der Waals surface area contributed by atoms with Crippen molar-refractivity contribution in [2.24, 2.45) is 11.3 Å². The third-order valence-corrected chi connectivity index (χ3v) is 4.86. The second-order valence-corrected chi connectivity index (χ2v) is 6.42. The van der Waals surface area contributed by atoms with E-state index < -0.39 is 0 Å². The minimum atomic E-state index is 0. The highest BCUT2D eigenvalue weighted by atomic mass is 35.5. The molecule has 1 nitrogen and oxygen atoms in total. The van der Waals surface area contributed by atoms with Crippen LogP contribution in [0.5, 0.6) is 0 Å². The summed E-state index contributed by atoms with van der Waals surface area (Å²) in [5, 5.41) is 0.933. The van der Waals surface area contributed by atoms with Crippen molar-refractivity contribution in [1.29, 1.82) is 0 Å². The predicted molar refractivity (Wildman–Crippen MR) is 82.5 cm³/mol. The summed E-state index contributed by atoms with van der Waals surface area (Å²) in [5.74, 6) is 0.795. The lowest BCUT2D eigenvalue weighted by Gasteiger charge is -2.47. The molecule has 2 rings (SSSR count). The van der Waals surface area contributed by atoms with Crippen molar-refractivity contribution in [3.05, 3.63) is 22.8 Å². The third-order valence-electron chi connectivity index (χ3n) is 4.59. The van der Waals surface area contributed by atoms with Gasteiger partial charge >= 0.3 is 0 Å². The van der Waals surface area contributed by atoms with Crippen LogP contribution in [0.15, 0.2) is 22.8 Å². The summed E-state index contributed by atoms with van der Waals surface area (Å²) in [6, 6.07) is 0. The smallest absolute Gasteiger partial charge is 0.0366 e. The van der Waals surface area contributed by atoms with Crippen LogP contribution in [0.4, 0.5) is 0 Å². The summed E-state index contributed by atoms with van der Waals surface area (Å²) in [7, 11) is 4.37. The highest BCUT2D eigenvalue weighted by molar-refractivity contribution is 6.31. The van der Waals surface area contributed by atoms with Gasteiger partial charge < -0.3 is 4.90 Å². The van der Waals surface area contributed by atoms with Gasteiger partial charge in [0.2, 0.25) is 0 Å². The molecule has 0 heterocycles. The number of hydrogen-bond donors (Lipinski definition) is 0. The first-order chi connectivity index (χ1) is 8.04. The minimum Gasteiger partial charge on any atom is -0.309 e. The lowest BCUT2D eigenvalue weighted by atomic mass is 9.59. The van der Waals surface area contributed by atoms with Crippen LogP contribution in [0, 0.1) is 11.3 Å². The first-order valence-corrected chi connectivity index (χ1v) is 7.11. The maximum atomic E-state index is 6.14. The van der Waals surface area contributed by atoms with Crippen molar-refractivity contribution in [3.63, 3.8) is 0 Å². The van der Waals surface area contributed by atoms with Crippen molar-refractivity contribution in [2.45, 2.75) is 39.0 Å². The number of hydrogen-bond acceptors (Lipinski definition) is 1. The molecule has 0 aromatic rings. The van der Waals surface area contributed by atoms with Crippen LogP contribution in [0.1, 0.15) is 39.0 Å². The minimum absolute atomic E-state index is 0. The van der Waals surface area contributed by atoms with Crippen molar-refractivity contribution < 1.29 is 0 Å². The zero-order valence-corrected chi connectivity index (χ0v) is 13.3. The van der Waals surface area contributed by atoms with Gasteiger partial charge in [-0.1, -0.05) is 36.1 Å². The fourth-order valence-corrected chi connectivity index (χ4v) is 3.90. The second kappa shape index (κ2) is 6.45. The Labute approximate surface area is 123 Å². The Kier molecular flexibility index (Phi) is 5.76.